The fourth-order valence-electron chi connectivity index (χ4n) is 4.50. The van der Waals surface area contributed by atoms with Crippen LogP contribution >= 0.6 is 0 Å². The average molecular weight is 386 g/mol. The van der Waals surface area contributed by atoms with Crippen LogP contribution in [0, 0.1) is 20.8 Å². The number of nitrogens with zero attached hydrogens (tertiary/aromatic N) is 1. The molecular weight excluding hydrogens is 354 g/mol. The van der Waals surface area contributed by atoms with E-state index in [2.05, 4.69) is 25.9 Å². The van der Waals surface area contributed by atoms with Gasteiger partial charge in [0.15, 0.2) is 5.78 Å². The van der Waals surface area contributed by atoms with Crippen LogP contribution in [0.3, 0.4) is 0 Å². The van der Waals surface area contributed by atoms with Crippen molar-refractivity contribution in [3.05, 3.63) is 39.1 Å². The highest BCUT2D eigenvalue weighted by Gasteiger charge is 2.35. The Hall–Kier alpha value is -2.30. The summed E-state index contributed by atoms with van der Waals surface area (Å²) in [5, 5.41) is 14.9. The van der Waals surface area contributed by atoms with Crippen LogP contribution < -0.4 is 4.74 Å². The lowest BCUT2D eigenvalue weighted by Crippen LogP contribution is -2.25. The summed E-state index contributed by atoms with van der Waals surface area (Å²) in [6.07, 6.45) is 3.14. The van der Waals surface area contributed by atoms with Crippen molar-refractivity contribution in [3.8, 4) is 5.75 Å². The maximum atomic E-state index is 13.0. The molecule has 1 aliphatic heterocycles. The molecule has 0 bridgehead atoms. The van der Waals surface area contributed by atoms with E-state index in [-0.39, 0.29) is 17.5 Å². The van der Waals surface area contributed by atoms with E-state index in [0.717, 1.165) is 18.6 Å². The molecule has 1 aliphatic carbocycles. The summed E-state index contributed by atoms with van der Waals surface area (Å²) < 4.78 is 5.89. The average Bonchev–Trinajstić information content (AvgIpc) is 3.13. The second-order valence-electron chi connectivity index (χ2n) is 7.75. The lowest BCUT2D eigenvalue weighted by molar-refractivity contribution is -0.116. The van der Waals surface area contributed by atoms with E-state index in [4.69, 9.17) is 9.57 Å². The van der Waals surface area contributed by atoms with Crippen LogP contribution in [0.15, 0.2) is 16.5 Å². The fourth-order valence-corrected chi connectivity index (χ4v) is 4.50. The smallest absolute Gasteiger partial charge is 0.168 e. The third kappa shape index (κ3) is 3.54. The zero-order chi connectivity index (χ0) is 20.4. The number of oxime groups is 1. The lowest BCUT2D eigenvalue weighted by atomic mass is 9.76. The number of carbonyl (C=O) groups excluding carboxylic acids is 1. The molecule has 28 heavy (non-hydrogen) atoms. The largest absolute Gasteiger partial charge is 0.511 e. The van der Waals surface area contributed by atoms with Crippen LogP contribution in [-0.2, 0) is 16.1 Å². The number of ketones is 1. The van der Waals surface area contributed by atoms with Gasteiger partial charge in [-0.15, -0.1) is 0 Å². The van der Waals surface area contributed by atoms with Crippen molar-refractivity contribution in [2.24, 2.45) is 5.16 Å². The first kappa shape index (κ1) is 20.4. The molecule has 1 aromatic carbocycles. The molecule has 0 saturated heterocycles. The zero-order valence-electron chi connectivity index (χ0n) is 17.6. The molecule has 3 rings (SSSR count). The molecule has 0 fully saturated rings. The number of hydrogen-bond acceptors (Lipinski definition) is 5. The monoisotopic (exact) mass is 385 g/mol. The Balaban J connectivity index is 2.02. The first-order valence-electron chi connectivity index (χ1n) is 10.3. The van der Waals surface area contributed by atoms with Crippen LogP contribution in [0.4, 0.5) is 0 Å². The van der Waals surface area contributed by atoms with Crippen LogP contribution in [0.5, 0.6) is 5.75 Å². The molecule has 5 nitrogen and oxygen atoms in total. The summed E-state index contributed by atoms with van der Waals surface area (Å²) in [5.41, 5.74) is 6.94. The van der Waals surface area contributed by atoms with E-state index in [0.29, 0.717) is 43.8 Å². The van der Waals surface area contributed by atoms with Gasteiger partial charge in [0, 0.05) is 24.8 Å². The standard InChI is InChI=1S/C23H31NO4/c1-6-8-18(24-28-7-2)22-19(25)11-16(12-20(22)26)21-14(4)13(3)15(5)23-17(21)9-10-27-23/h16,25H,6-12H2,1-5H3. The van der Waals surface area contributed by atoms with E-state index in [9.17, 15) is 9.90 Å². The van der Waals surface area contributed by atoms with Gasteiger partial charge in [0.1, 0.15) is 18.1 Å². The topological polar surface area (TPSA) is 68.1 Å². The van der Waals surface area contributed by atoms with E-state index >= 15 is 0 Å². The number of hydrogen-bond donors (Lipinski definition) is 1. The third-order valence-electron chi connectivity index (χ3n) is 5.99. The van der Waals surface area contributed by atoms with Crippen LogP contribution in [0.2, 0.25) is 0 Å². The van der Waals surface area contributed by atoms with Gasteiger partial charge in [-0.1, -0.05) is 18.5 Å². The number of aliphatic hydroxyl groups excluding tert-OH is 1. The molecule has 5 heteroatoms. The molecule has 2 aliphatic rings. The molecule has 0 radical (unpaired) electrons. The van der Waals surface area contributed by atoms with Crippen molar-refractivity contribution < 1.29 is 19.5 Å². The van der Waals surface area contributed by atoms with Gasteiger partial charge in [0.2, 0.25) is 0 Å². The van der Waals surface area contributed by atoms with Gasteiger partial charge < -0.3 is 14.7 Å². The Morgan fingerprint density at radius 2 is 1.93 bits per heavy atom. The number of carbonyl (C=O) groups is 1. The molecule has 1 unspecified atom stereocenters. The second kappa shape index (κ2) is 8.38. The molecule has 1 aromatic rings. The van der Waals surface area contributed by atoms with Crippen molar-refractivity contribution >= 4 is 11.5 Å². The molecule has 1 heterocycles. The Morgan fingerprint density at radius 3 is 2.57 bits per heavy atom. The number of fused-ring (bicyclic) bond motifs is 1. The Morgan fingerprint density at radius 1 is 1.18 bits per heavy atom. The predicted octanol–water partition coefficient (Wildman–Crippen LogP) is 5.00. The number of benzene rings is 1. The third-order valence-corrected chi connectivity index (χ3v) is 5.99. The minimum Gasteiger partial charge on any atom is -0.511 e. The maximum Gasteiger partial charge on any atom is 0.168 e. The van der Waals surface area contributed by atoms with Crippen molar-refractivity contribution in [1.29, 1.82) is 0 Å². The molecule has 1 atom stereocenters. The van der Waals surface area contributed by atoms with E-state index in [1.807, 2.05) is 13.8 Å². The van der Waals surface area contributed by atoms with E-state index < -0.39 is 0 Å². The Kier molecular flexibility index (Phi) is 6.11. The maximum absolute atomic E-state index is 13.0. The minimum absolute atomic E-state index is 0.0269. The van der Waals surface area contributed by atoms with E-state index in [1.165, 1.54) is 27.8 Å². The SMILES string of the molecule is CCCC(=NOCC)C1=C(O)CC(c2c(C)c(C)c(C)c3c2CCO3)CC1=O. The fraction of sp³-hybridized carbons (Fsp3) is 0.565. The zero-order valence-corrected chi connectivity index (χ0v) is 17.6. The number of Topliss-reactive ketones (excluding diaryl/α,β-unsaturated/α-hetero) is 1. The van der Waals surface area contributed by atoms with Gasteiger partial charge in [-0.3, -0.25) is 4.79 Å². The first-order valence-corrected chi connectivity index (χ1v) is 10.3. The first-order chi connectivity index (χ1) is 13.4. The number of ether oxygens (including phenoxy) is 1. The summed E-state index contributed by atoms with van der Waals surface area (Å²) in [4.78, 5) is 18.2. The van der Waals surface area contributed by atoms with Crippen LogP contribution in [-0.4, -0.2) is 29.8 Å². The van der Waals surface area contributed by atoms with Crippen LogP contribution in [0.1, 0.15) is 73.3 Å². The summed E-state index contributed by atoms with van der Waals surface area (Å²) in [5.74, 6) is 1.04. The predicted molar refractivity (Wildman–Crippen MR) is 110 cm³/mol. The molecule has 0 amide bonds. The van der Waals surface area contributed by atoms with Gasteiger partial charge >= 0.3 is 0 Å². The Labute approximate surface area is 167 Å². The van der Waals surface area contributed by atoms with Crippen LogP contribution in [0.25, 0.3) is 0 Å². The molecule has 0 spiro atoms. The summed E-state index contributed by atoms with van der Waals surface area (Å²) in [7, 11) is 0. The molecular formula is C23H31NO4. The number of aliphatic hydroxyl groups is 1. The molecule has 1 N–H and O–H groups in total. The van der Waals surface area contributed by atoms with Gasteiger partial charge in [0.25, 0.3) is 0 Å². The van der Waals surface area contributed by atoms with Crippen molar-refractivity contribution in [2.45, 2.75) is 72.6 Å². The van der Waals surface area contributed by atoms with E-state index in [1.54, 1.807) is 0 Å². The molecule has 0 aromatic heterocycles. The van der Waals surface area contributed by atoms with Crippen molar-refractivity contribution in [2.75, 3.05) is 13.2 Å². The van der Waals surface area contributed by atoms with Gasteiger partial charge in [-0.25, -0.2) is 0 Å². The minimum atomic E-state index is -0.0500. The van der Waals surface area contributed by atoms with Gasteiger partial charge in [0.05, 0.1) is 17.9 Å². The second-order valence-corrected chi connectivity index (χ2v) is 7.75. The highest BCUT2D eigenvalue weighted by Crippen LogP contribution is 2.44. The summed E-state index contributed by atoms with van der Waals surface area (Å²) >= 11 is 0. The quantitative estimate of drug-likeness (QED) is 0.553. The summed E-state index contributed by atoms with van der Waals surface area (Å²) in [6, 6.07) is 0. The molecule has 0 saturated carbocycles. The summed E-state index contributed by atoms with van der Waals surface area (Å²) in [6.45, 7) is 11.3. The highest BCUT2D eigenvalue weighted by atomic mass is 16.6. The Bertz CT molecular complexity index is 851. The van der Waals surface area contributed by atoms with Crippen molar-refractivity contribution in [3.63, 3.8) is 0 Å². The lowest BCUT2D eigenvalue weighted by Gasteiger charge is -2.28. The van der Waals surface area contributed by atoms with Crippen molar-refractivity contribution in [1.82, 2.24) is 0 Å². The number of rotatable bonds is 6. The highest BCUT2D eigenvalue weighted by molar-refractivity contribution is 6.23. The number of allylic oxidation sites excluding steroid dienone is 2. The molecule has 152 valence electrons. The van der Waals surface area contributed by atoms with Gasteiger partial charge in [-0.05, 0) is 62.3 Å². The normalized spacial score (nSPS) is 19.7. The van der Waals surface area contributed by atoms with Gasteiger partial charge in [-0.2, -0.15) is 0 Å².